The molecular formula is C20H22Cl2FN3O3S. The van der Waals surface area contributed by atoms with Gasteiger partial charge in [-0.05, 0) is 43.2 Å². The number of benzene rings is 2. The highest BCUT2D eigenvalue weighted by atomic mass is 35.5. The summed E-state index contributed by atoms with van der Waals surface area (Å²) in [6, 6.07) is 8.95. The lowest BCUT2D eigenvalue weighted by Crippen LogP contribution is -2.35. The number of sulfonamides is 1. The van der Waals surface area contributed by atoms with Gasteiger partial charge in [0.2, 0.25) is 15.9 Å². The Bertz CT molecular complexity index is 1040. The van der Waals surface area contributed by atoms with Crippen LogP contribution in [0, 0.1) is 5.82 Å². The van der Waals surface area contributed by atoms with Crippen molar-refractivity contribution in [3.63, 3.8) is 0 Å². The fraction of sp³-hybridized carbons (Fsp3) is 0.350. The summed E-state index contributed by atoms with van der Waals surface area (Å²) in [5.74, 6) is -0.755. The topological polar surface area (TPSA) is 69.7 Å². The van der Waals surface area contributed by atoms with Crippen molar-refractivity contribution in [2.75, 3.05) is 26.0 Å². The number of hydrogen-bond donors (Lipinski definition) is 1. The fourth-order valence-electron chi connectivity index (χ4n) is 3.00. The minimum absolute atomic E-state index is 0.0215. The zero-order chi connectivity index (χ0) is 22.1. The van der Waals surface area contributed by atoms with Crippen LogP contribution in [0.15, 0.2) is 41.3 Å². The summed E-state index contributed by atoms with van der Waals surface area (Å²) in [6.45, 7) is 0.234. The van der Waals surface area contributed by atoms with Crippen molar-refractivity contribution in [1.29, 1.82) is 0 Å². The number of rotatable bonds is 8. The van der Waals surface area contributed by atoms with E-state index < -0.39 is 15.8 Å². The molecule has 10 heteroatoms. The zero-order valence-electron chi connectivity index (χ0n) is 16.5. The lowest BCUT2D eigenvalue weighted by Gasteiger charge is -2.22. The van der Waals surface area contributed by atoms with E-state index in [1.165, 1.54) is 44.4 Å². The van der Waals surface area contributed by atoms with E-state index in [0.29, 0.717) is 16.3 Å². The van der Waals surface area contributed by atoms with Gasteiger partial charge in [0.05, 0.1) is 11.6 Å². The van der Waals surface area contributed by atoms with Gasteiger partial charge in [-0.25, -0.2) is 17.1 Å². The van der Waals surface area contributed by atoms with Crippen molar-refractivity contribution in [1.82, 2.24) is 9.21 Å². The average Bonchev–Trinajstić information content (AvgIpc) is 3.50. The first kappa shape index (κ1) is 23.0. The monoisotopic (exact) mass is 473 g/mol. The third kappa shape index (κ3) is 5.31. The molecule has 3 rings (SSSR count). The van der Waals surface area contributed by atoms with Crippen LogP contribution in [0.3, 0.4) is 0 Å². The van der Waals surface area contributed by atoms with E-state index in [4.69, 9.17) is 23.2 Å². The summed E-state index contributed by atoms with van der Waals surface area (Å²) in [5.41, 5.74) is 0.661. The van der Waals surface area contributed by atoms with Gasteiger partial charge in [-0.3, -0.25) is 9.69 Å². The van der Waals surface area contributed by atoms with Crippen molar-refractivity contribution in [3.05, 3.63) is 57.8 Å². The van der Waals surface area contributed by atoms with Gasteiger partial charge in [-0.1, -0.05) is 29.3 Å². The van der Waals surface area contributed by atoms with E-state index >= 15 is 0 Å². The van der Waals surface area contributed by atoms with Gasteiger partial charge in [0, 0.05) is 43.0 Å². The Labute approximate surface area is 185 Å². The summed E-state index contributed by atoms with van der Waals surface area (Å²) in [6.07, 6.45) is 1.84. The molecule has 0 bridgehead atoms. The smallest absolute Gasteiger partial charge is 0.244 e. The maximum atomic E-state index is 14.2. The highest BCUT2D eigenvalue weighted by molar-refractivity contribution is 7.89. The lowest BCUT2D eigenvalue weighted by molar-refractivity contribution is -0.117. The number of carbonyl (C=O) groups excluding carboxylic acids is 1. The second-order valence-electron chi connectivity index (χ2n) is 7.32. The minimum Gasteiger partial charge on any atom is -0.325 e. The summed E-state index contributed by atoms with van der Waals surface area (Å²) < 4.78 is 40.0. The Hall–Kier alpha value is -1.71. The number of hydrogen-bond acceptors (Lipinski definition) is 4. The van der Waals surface area contributed by atoms with Gasteiger partial charge in [0.1, 0.15) is 10.7 Å². The van der Waals surface area contributed by atoms with E-state index in [0.717, 1.165) is 17.1 Å². The van der Waals surface area contributed by atoms with Crippen molar-refractivity contribution in [2.24, 2.45) is 0 Å². The van der Waals surface area contributed by atoms with Gasteiger partial charge in [0.15, 0.2) is 0 Å². The van der Waals surface area contributed by atoms with E-state index in [2.05, 4.69) is 5.32 Å². The molecule has 30 heavy (non-hydrogen) atoms. The molecule has 0 heterocycles. The molecule has 0 saturated heterocycles. The summed E-state index contributed by atoms with van der Waals surface area (Å²) in [7, 11) is -0.957. The fourth-order valence-corrected chi connectivity index (χ4v) is 4.62. The van der Waals surface area contributed by atoms with Crippen LogP contribution in [-0.2, 0) is 21.4 Å². The summed E-state index contributed by atoms with van der Waals surface area (Å²) >= 11 is 12.2. The van der Waals surface area contributed by atoms with Gasteiger partial charge in [0.25, 0.3) is 0 Å². The minimum atomic E-state index is -3.76. The molecule has 0 unspecified atom stereocenters. The van der Waals surface area contributed by atoms with E-state index in [1.54, 1.807) is 6.07 Å². The van der Waals surface area contributed by atoms with Gasteiger partial charge in [-0.15, -0.1) is 0 Å². The molecule has 0 spiro atoms. The number of nitrogens with zero attached hydrogens (tertiary/aromatic N) is 2. The maximum Gasteiger partial charge on any atom is 0.244 e. The molecular weight excluding hydrogens is 452 g/mol. The first-order chi connectivity index (χ1) is 14.1. The molecule has 1 aliphatic carbocycles. The Morgan fingerprint density at radius 3 is 2.47 bits per heavy atom. The predicted molar refractivity (Wildman–Crippen MR) is 116 cm³/mol. The van der Waals surface area contributed by atoms with Crippen molar-refractivity contribution in [2.45, 2.75) is 30.3 Å². The van der Waals surface area contributed by atoms with Crippen LogP contribution >= 0.6 is 23.2 Å². The molecule has 162 valence electrons. The third-order valence-corrected chi connectivity index (χ3v) is 7.46. The Morgan fingerprint density at radius 1 is 1.17 bits per heavy atom. The first-order valence-electron chi connectivity index (χ1n) is 9.28. The molecule has 1 N–H and O–H groups in total. The van der Waals surface area contributed by atoms with Gasteiger partial charge >= 0.3 is 0 Å². The van der Waals surface area contributed by atoms with Gasteiger partial charge in [-0.2, -0.15) is 0 Å². The quantitative estimate of drug-likeness (QED) is 0.629. The first-order valence-corrected chi connectivity index (χ1v) is 11.5. The largest absolute Gasteiger partial charge is 0.325 e. The van der Waals surface area contributed by atoms with Crippen molar-refractivity contribution in [3.8, 4) is 0 Å². The second-order valence-corrected chi connectivity index (χ2v) is 10.3. The number of anilines is 1. The van der Waals surface area contributed by atoms with Crippen LogP contribution in [0.4, 0.5) is 10.1 Å². The van der Waals surface area contributed by atoms with Crippen LogP contribution in [0.5, 0.6) is 0 Å². The normalized spacial score (nSPS) is 14.4. The molecule has 1 saturated carbocycles. The highest BCUT2D eigenvalue weighted by Crippen LogP contribution is 2.31. The van der Waals surface area contributed by atoms with E-state index in [1.807, 2.05) is 4.90 Å². The van der Waals surface area contributed by atoms with E-state index in [9.17, 15) is 17.6 Å². The van der Waals surface area contributed by atoms with Crippen molar-refractivity contribution < 1.29 is 17.6 Å². The van der Waals surface area contributed by atoms with Crippen LogP contribution in [0.1, 0.15) is 18.4 Å². The maximum absolute atomic E-state index is 14.2. The van der Waals surface area contributed by atoms with Gasteiger partial charge < -0.3 is 5.32 Å². The summed E-state index contributed by atoms with van der Waals surface area (Å²) in [5, 5.41) is 3.08. The third-order valence-electron chi connectivity index (χ3n) is 4.81. The number of carbonyl (C=O) groups is 1. The molecule has 1 amide bonds. The molecule has 0 aliphatic heterocycles. The molecule has 0 radical (unpaired) electrons. The number of halogens is 3. The predicted octanol–water partition coefficient (Wildman–Crippen LogP) is 3.99. The lowest BCUT2D eigenvalue weighted by atomic mass is 10.2. The Balaban J connectivity index is 1.74. The summed E-state index contributed by atoms with van der Waals surface area (Å²) in [4.78, 5) is 14.4. The Morgan fingerprint density at radius 2 is 1.87 bits per heavy atom. The van der Waals surface area contributed by atoms with Crippen LogP contribution in [0.25, 0.3) is 0 Å². The highest BCUT2D eigenvalue weighted by Gasteiger charge is 2.31. The molecule has 6 nitrogen and oxygen atoms in total. The second kappa shape index (κ2) is 9.20. The molecule has 0 atom stereocenters. The zero-order valence-corrected chi connectivity index (χ0v) is 18.9. The van der Waals surface area contributed by atoms with Crippen LogP contribution < -0.4 is 5.32 Å². The number of nitrogens with one attached hydrogen (secondary N) is 1. The SMILES string of the molecule is CN(C)S(=O)(=O)c1cc(NC(=O)CN(Cc2c(F)cccc2Cl)C2CC2)ccc1Cl. The van der Waals surface area contributed by atoms with E-state index in [-0.39, 0.29) is 35.0 Å². The standard InChI is InChI=1S/C20H22Cl2FN3O3S/c1-25(2)30(28,29)19-10-13(6-9-17(19)22)24-20(27)12-26(14-7-8-14)11-15-16(21)4-3-5-18(15)23/h3-6,9-10,14H,7-8,11-12H2,1-2H3,(H,24,27). The van der Waals surface area contributed by atoms with Crippen LogP contribution in [-0.4, -0.2) is 50.2 Å². The molecule has 2 aromatic carbocycles. The Kier molecular flexibility index (Phi) is 7.04. The molecule has 1 fully saturated rings. The van der Waals surface area contributed by atoms with Crippen molar-refractivity contribution >= 4 is 44.8 Å². The molecule has 2 aromatic rings. The molecule has 1 aliphatic rings. The average molecular weight is 474 g/mol. The van der Waals surface area contributed by atoms with Crippen LogP contribution in [0.2, 0.25) is 10.0 Å². The number of amides is 1. The molecule has 0 aromatic heterocycles.